The van der Waals surface area contributed by atoms with E-state index >= 15 is 0 Å². The average Bonchev–Trinajstić information content (AvgIpc) is 2.59. The highest BCUT2D eigenvalue weighted by Gasteiger charge is 2.39. The van der Waals surface area contributed by atoms with Crippen LogP contribution in [0.3, 0.4) is 0 Å². The summed E-state index contributed by atoms with van der Waals surface area (Å²) < 4.78 is 0. The normalized spacial score (nSPS) is 24.6. The summed E-state index contributed by atoms with van der Waals surface area (Å²) in [5.41, 5.74) is 0. The molecule has 5 heteroatoms. The molecule has 0 bridgehead atoms. The van der Waals surface area contributed by atoms with E-state index in [0.717, 1.165) is 6.42 Å². The highest BCUT2D eigenvalue weighted by Crippen LogP contribution is 2.25. The van der Waals surface area contributed by atoms with Crippen molar-refractivity contribution in [3.8, 4) is 0 Å². The van der Waals surface area contributed by atoms with E-state index in [9.17, 15) is 14.7 Å². The first-order valence-electron chi connectivity index (χ1n) is 5.59. The molecule has 1 saturated heterocycles. The highest BCUT2D eigenvalue weighted by atomic mass is 35.5. The minimum Gasteiger partial charge on any atom is -0.480 e. The average molecular weight is 248 g/mol. The molecule has 1 rings (SSSR count). The minimum absolute atomic E-state index is 0.0319. The molecular weight excluding hydrogens is 230 g/mol. The summed E-state index contributed by atoms with van der Waals surface area (Å²) in [7, 11) is 0. The molecule has 0 saturated carbocycles. The van der Waals surface area contributed by atoms with Crippen molar-refractivity contribution in [2.45, 2.75) is 32.7 Å². The molecule has 4 nitrogen and oxygen atoms in total. The van der Waals surface area contributed by atoms with E-state index < -0.39 is 12.0 Å². The van der Waals surface area contributed by atoms with Crippen LogP contribution in [0.5, 0.6) is 0 Å². The number of aliphatic carboxylic acids is 1. The number of nitrogens with zero attached hydrogens (tertiary/aromatic N) is 1. The molecular formula is C11H18ClNO3. The van der Waals surface area contributed by atoms with Gasteiger partial charge in [-0.15, -0.1) is 11.6 Å². The number of carbonyl (C=O) groups excluding carboxylic acids is 1. The monoisotopic (exact) mass is 247 g/mol. The van der Waals surface area contributed by atoms with E-state index in [0.29, 0.717) is 18.8 Å². The van der Waals surface area contributed by atoms with Crippen LogP contribution in [0.15, 0.2) is 0 Å². The number of likely N-dealkylation sites (tertiary alicyclic amines) is 1. The van der Waals surface area contributed by atoms with Gasteiger partial charge in [0.1, 0.15) is 6.04 Å². The molecule has 1 unspecified atom stereocenters. The number of amides is 1. The van der Waals surface area contributed by atoms with Crippen LogP contribution in [0.2, 0.25) is 0 Å². The quantitative estimate of drug-likeness (QED) is 0.751. The molecule has 92 valence electrons. The van der Waals surface area contributed by atoms with E-state index in [4.69, 9.17) is 11.6 Å². The van der Waals surface area contributed by atoms with Gasteiger partial charge >= 0.3 is 5.97 Å². The lowest BCUT2D eigenvalue weighted by Gasteiger charge is -2.29. The van der Waals surface area contributed by atoms with Gasteiger partial charge in [0.15, 0.2) is 0 Å². The Kier molecular flexibility index (Phi) is 4.59. The fourth-order valence-electron chi connectivity index (χ4n) is 2.09. The first-order valence-corrected chi connectivity index (χ1v) is 6.12. The van der Waals surface area contributed by atoms with Crippen molar-refractivity contribution in [2.75, 3.05) is 12.4 Å². The lowest BCUT2D eigenvalue weighted by molar-refractivity contribution is -0.150. The summed E-state index contributed by atoms with van der Waals surface area (Å²) >= 11 is 5.71. The van der Waals surface area contributed by atoms with Gasteiger partial charge in [-0.2, -0.15) is 0 Å². The summed E-state index contributed by atoms with van der Waals surface area (Å²) in [6.07, 6.45) is 1.12. The number of hydrogen-bond acceptors (Lipinski definition) is 2. The van der Waals surface area contributed by atoms with Crippen molar-refractivity contribution >= 4 is 23.5 Å². The number of carbonyl (C=O) groups is 2. The Morgan fingerprint density at radius 2 is 2.31 bits per heavy atom. The zero-order chi connectivity index (χ0) is 12.3. The third-order valence-electron chi connectivity index (χ3n) is 3.23. The van der Waals surface area contributed by atoms with Crippen molar-refractivity contribution in [3.05, 3.63) is 0 Å². The van der Waals surface area contributed by atoms with Crippen molar-refractivity contribution < 1.29 is 14.7 Å². The molecule has 0 spiro atoms. The predicted molar refractivity (Wildman–Crippen MR) is 61.4 cm³/mol. The molecule has 0 aromatic heterocycles. The third-order valence-corrected chi connectivity index (χ3v) is 3.66. The second-order valence-electron chi connectivity index (χ2n) is 4.44. The number of hydrogen-bond donors (Lipinski definition) is 1. The largest absolute Gasteiger partial charge is 0.480 e. The van der Waals surface area contributed by atoms with E-state index in [-0.39, 0.29) is 17.7 Å². The SMILES string of the molecule is CC[C@H](C)[C@@H](C(=O)O)N1CC(CCl)CC1=O. The topological polar surface area (TPSA) is 57.6 Å². The van der Waals surface area contributed by atoms with Gasteiger partial charge in [-0.3, -0.25) is 4.79 Å². The maximum atomic E-state index is 11.7. The smallest absolute Gasteiger partial charge is 0.326 e. The highest BCUT2D eigenvalue weighted by molar-refractivity contribution is 6.18. The molecule has 1 aliphatic heterocycles. The molecule has 1 amide bonds. The van der Waals surface area contributed by atoms with Gasteiger partial charge < -0.3 is 10.0 Å². The summed E-state index contributed by atoms with van der Waals surface area (Å²) in [6.45, 7) is 4.27. The van der Waals surface area contributed by atoms with E-state index in [2.05, 4.69) is 0 Å². The molecule has 16 heavy (non-hydrogen) atoms. The van der Waals surface area contributed by atoms with E-state index in [1.165, 1.54) is 4.90 Å². The maximum absolute atomic E-state index is 11.7. The van der Waals surface area contributed by atoms with Gasteiger partial charge in [0.25, 0.3) is 0 Å². The van der Waals surface area contributed by atoms with Crippen LogP contribution in [0.4, 0.5) is 0 Å². The summed E-state index contributed by atoms with van der Waals surface area (Å²) in [5, 5.41) is 9.19. The molecule has 0 radical (unpaired) electrons. The Hall–Kier alpha value is -0.770. The van der Waals surface area contributed by atoms with Crippen molar-refractivity contribution in [3.63, 3.8) is 0 Å². The second kappa shape index (κ2) is 5.53. The predicted octanol–water partition coefficient (Wildman–Crippen LogP) is 1.57. The van der Waals surface area contributed by atoms with Gasteiger partial charge in [-0.05, 0) is 11.8 Å². The van der Waals surface area contributed by atoms with Crippen molar-refractivity contribution in [2.24, 2.45) is 11.8 Å². The molecule has 0 aromatic carbocycles. The van der Waals surface area contributed by atoms with Crippen LogP contribution in [-0.2, 0) is 9.59 Å². The first-order chi connectivity index (χ1) is 7.51. The summed E-state index contributed by atoms with van der Waals surface area (Å²) in [4.78, 5) is 24.4. The van der Waals surface area contributed by atoms with Crippen LogP contribution in [0.1, 0.15) is 26.7 Å². The summed E-state index contributed by atoms with van der Waals surface area (Å²) in [5.74, 6) is -0.526. The molecule has 1 fully saturated rings. The van der Waals surface area contributed by atoms with Gasteiger partial charge in [0.05, 0.1) is 0 Å². The molecule has 1 heterocycles. The second-order valence-corrected chi connectivity index (χ2v) is 4.75. The molecule has 1 aliphatic rings. The fourth-order valence-corrected chi connectivity index (χ4v) is 2.29. The number of rotatable bonds is 5. The Bertz CT molecular complexity index is 282. The zero-order valence-electron chi connectivity index (χ0n) is 9.65. The van der Waals surface area contributed by atoms with Crippen LogP contribution in [0, 0.1) is 11.8 Å². The fraction of sp³-hybridized carbons (Fsp3) is 0.818. The van der Waals surface area contributed by atoms with Crippen LogP contribution in [0.25, 0.3) is 0 Å². The van der Waals surface area contributed by atoms with Gasteiger partial charge in [0, 0.05) is 18.8 Å². The molecule has 0 aromatic rings. The first kappa shape index (κ1) is 13.3. The van der Waals surface area contributed by atoms with E-state index in [1.807, 2.05) is 13.8 Å². The standard InChI is InChI=1S/C11H18ClNO3/c1-3-7(2)10(11(15)16)13-6-8(5-12)4-9(13)14/h7-8,10H,3-6H2,1-2H3,(H,15,16)/t7-,8?,10-/m0/s1. The third kappa shape index (κ3) is 2.67. The summed E-state index contributed by atoms with van der Waals surface area (Å²) in [6, 6.07) is -0.703. The van der Waals surface area contributed by atoms with Crippen molar-refractivity contribution in [1.29, 1.82) is 0 Å². The lowest BCUT2D eigenvalue weighted by atomic mass is 9.98. The minimum atomic E-state index is -0.919. The number of halogens is 1. The lowest BCUT2D eigenvalue weighted by Crippen LogP contribution is -2.46. The Balaban J connectivity index is 2.80. The Morgan fingerprint density at radius 3 is 2.69 bits per heavy atom. The number of carboxylic acids is 1. The Morgan fingerprint density at radius 1 is 1.69 bits per heavy atom. The van der Waals surface area contributed by atoms with Gasteiger partial charge in [-0.1, -0.05) is 20.3 Å². The zero-order valence-corrected chi connectivity index (χ0v) is 10.4. The molecule has 3 atom stereocenters. The van der Waals surface area contributed by atoms with Crippen LogP contribution in [-0.4, -0.2) is 40.3 Å². The van der Waals surface area contributed by atoms with Gasteiger partial charge in [0.2, 0.25) is 5.91 Å². The number of alkyl halides is 1. The number of carboxylic acid groups (broad SMARTS) is 1. The van der Waals surface area contributed by atoms with E-state index in [1.54, 1.807) is 0 Å². The molecule has 1 N–H and O–H groups in total. The molecule has 0 aliphatic carbocycles. The van der Waals surface area contributed by atoms with Gasteiger partial charge in [-0.25, -0.2) is 4.79 Å². The Labute approximate surface area is 101 Å². The van der Waals surface area contributed by atoms with Crippen LogP contribution < -0.4 is 0 Å². The van der Waals surface area contributed by atoms with Crippen LogP contribution >= 0.6 is 11.6 Å². The maximum Gasteiger partial charge on any atom is 0.326 e. The van der Waals surface area contributed by atoms with Crippen molar-refractivity contribution in [1.82, 2.24) is 4.90 Å².